The van der Waals surface area contributed by atoms with Crippen molar-refractivity contribution in [1.29, 1.82) is 0 Å². The van der Waals surface area contributed by atoms with Gasteiger partial charge in [0.25, 0.3) is 0 Å². The lowest BCUT2D eigenvalue weighted by Crippen LogP contribution is -2.31. The highest BCUT2D eigenvalue weighted by atomic mass is 15.1. The van der Waals surface area contributed by atoms with Crippen LogP contribution in [0.25, 0.3) is 0 Å². The number of rotatable bonds is 6. The Balaban J connectivity index is 3.91. The average molecular weight is 199 g/mol. The van der Waals surface area contributed by atoms with Gasteiger partial charge in [-0.3, -0.25) is 0 Å². The van der Waals surface area contributed by atoms with Gasteiger partial charge in [-0.25, -0.2) is 0 Å². The molecule has 0 saturated heterocycles. The van der Waals surface area contributed by atoms with Gasteiger partial charge in [0.2, 0.25) is 0 Å². The first kappa shape index (κ1) is 14.0. The Labute approximate surface area is 90.9 Å². The van der Waals surface area contributed by atoms with E-state index < -0.39 is 0 Å². The summed E-state index contributed by atoms with van der Waals surface area (Å²) in [4.78, 5) is 2.39. The molecule has 0 radical (unpaired) electrons. The van der Waals surface area contributed by atoms with Gasteiger partial charge in [0.1, 0.15) is 0 Å². The van der Waals surface area contributed by atoms with Gasteiger partial charge in [-0.1, -0.05) is 47.0 Å². The molecule has 0 aliphatic heterocycles. The van der Waals surface area contributed by atoms with E-state index in [0.29, 0.717) is 5.41 Å². The first-order valence-electron chi connectivity index (χ1n) is 6.03. The molecule has 1 unspecified atom stereocenters. The van der Waals surface area contributed by atoms with E-state index in [2.05, 4.69) is 46.7 Å². The molecule has 0 fully saturated rings. The molecule has 14 heavy (non-hydrogen) atoms. The lowest BCUT2D eigenvalue weighted by atomic mass is 9.86. The van der Waals surface area contributed by atoms with Crippen molar-refractivity contribution < 1.29 is 0 Å². The van der Waals surface area contributed by atoms with Crippen LogP contribution in [-0.2, 0) is 0 Å². The fraction of sp³-hybridized carbons (Fsp3) is 1.00. The van der Waals surface area contributed by atoms with Gasteiger partial charge in [-0.05, 0) is 32.4 Å². The fourth-order valence-electron chi connectivity index (χ4n) is 1.88. The molecule has 0 aromatic heterocycles. The summed E-state index contributed by atoms with van der Waals surface area (Å²) in [6, 6.07) is 0.765. The molecular formula is C13H29N. The first-order valence-corrected chi connectivity index (χ1v) is 6.03. The predicted molar refractivity (Wildman–Crippen MR) is 65.7 cm³/mol. The Morgan fingerprint density at radius 3 is 2.00 bits per heavy atom. The van der Waals surface area contributed by atoms with Gasteiger partial charge < -0.3 is 4.90 Å². The van der Waals surface area contributed by atoms with Gasteiger partial charge in [0, 0.05) is 6.04 Å². The summed E-state index contributed by atoms with van der Waals surface area (Å²) >= 11 is 0. The Morgan fingerprint density at radius 1 is 1.07 bits per heavy atom. The quantitative estimate of drug-likeness (QED) is 0.586. The van der Waals surface area contributed by atoms with E-state index in [1.807, 2.05) is 0 Å². The van der Waals surface area contributed by atoms with Crippen molar-refractivity contribution in [3.05, 3.63) is 0 Å². The van der Waals surface area contributed by atoms with E-state index in [4.69, 9.17) is 0 Å². The molecule has 86 valence electrons. The smallest absolute Gasteiger partial charge is 0.00941 e. The molecule has 0 heterocycles. The van der Waals surface area contributed by atoms with Crippen LogP contribution in [0.3, 0.4) is 0 Å². The lowest BCUT2D eigenvalue weighted by Gasteiger charge is -2.31. The van der Waals surface area contributed by atoms with Gasteiger partial charge in [0.05, 0.1) is 0 Å². The molecule has 0 aromatic rings. The highest BCUT2D eigenvalue weighted by Gasteiger charge is 2.19. The van der Waals surface area contributed by atoms with Crippen molar-refractivity contribution in [1.82, 2.24) is 4.90 Å². The van der Waals surface area contributed by atoms with Crippen molar-refractivity contribution in [2.75, 3.05) is 14.1 Å². The summed E-state index contributed by atoms with van der Waals surface area (Å²) in [7, 11) is 4.42. The van der Waals surface area contributed by atoms with Crippen molar-refractivity contribution in [3.63, 3.8) is 0 Å². The standard InChI is InChI=1S/C13H29N/c1-7-8-9-10-12(14(5)6)11-13(2,3)4/h12H,7-11H2,1-6H3. The number of unbranched alkanes of at least 4 members (excludes halogenated alkanes) is 2. The molecule has 0 rings (SSSR count). The molecule has 1 heteroatoms. The molecule has 0 amide bonds. The van der Waals surface area contributed by atoms with E-state index in [9.17, 15) is 0 Å². The number of nitrogens with zero attached hydrogens (tertiary/aromatic N) is 1. The van der Waals surface area contributed by atoms with Gasteiger partial charge in [-0.15, -0.1) is 0 Å². The molecule has 0 saturated carbocycles. The van der Waals surface area contributed by atoms with Crippen LogP contribution in [0.5, 0.6) is 0 Å². The second-order valence-corrected chi connectivity index (χ2v) is 5.88. The van der Waals surface area contributed by atoms with E-state index >= 15 is 0 Å². The monoisotopic (exact) mass is 199 g/mol. The van der Waals surface area contributed by atoms with Crippen molar-refractivity contribution in [3.8, 4) is 0 Å². The molecule has 0 aliphatic carbocycles. The maximum absolute atomic E-state index is 2.39. The van der Waals surface area contributed by atoms with Crippen LogP contribution in [-0.4, -0.2) is 25.0 Å². The van der Waals surface area contributed by atoms with Crippen molar-refractivity contribution in [2.45, 2.75) is 65.8 Å². The summed E-state index contributed by atoms with van der Waals surface area (Å²) < 4.78 is 0. The van der Waals surface area contributed by atoms with Crippen LogP contribution in [0.2, 0.25) is 0 Å². The summed E-state index contributed by atoms with van der Waals surface area (Å²) in [6.45, 7) is 9.28. The highest BCUT2D eigenvalue weighted by molar-refractivity contribution is 4.74. The minimum atomic E-state index is 0.459. The predicted octanol–water partition coefficient (Wildman–Crippen LogP) is 3.93. The van der Waals surface area contributed by atoms with E-state index in [0.717, 1.165) is 6.04 Å². The van der Waals surface area contributed by atoms with E-state index in [-0.39, 0.29) is 0 Å². The summed E-state index contributed by atoms with van der Waals surface area (Å²) in [5, 5.41) is 0. The molecule has 1 nitrogen and oxygen atoms in total. The second kappa shape index (κ2) is 6.44. The maximum atomic E-state index is 2.39. The third-order valence-electron chi connectivity index (χ3n) is 2.72. The minimum Gasteiger partial charge on any atom is -0.306 e. The largest absolute Gasteiger partial charge is 0.306 e. The van der Waals surface area contributed by atoms with E-state index in [1.165, 1.54) is 32.1 Å². The summed E-state index contributed by atoms with van der Waals surface area (Å²) in [5.74, 6) is 0. The second-order valence-electron chi connectivity index (χ2n) is 5.88. The van der Waals surface area contributed by atoms with Crippen LogP contribution in [0.15, 0.2) is 0 Å². The minimum absolute atomic E-state index is 0.459. The maximum Gasteiger partial charge on any atom is 0.00941 e. The normalized spacial score (nSPS) is 14.8. The summed E-state index contributed by atoms with van der Waals surface area (Å²) in [5.41, 5.74) is 0.459. The average Bonchev–Trinajstić information content (AvgIpc) is 2.00. The summed E-state index contributed by atoms with van der Waals surface area (Å²) in [6.07, 6.45) is 6.77. The lowest BCUT2D eigenvalue weighted by molar-refractivity contribution is 0.195. The fourth-order valence-corrected chi connectivity index (χ4v) is 1.88. The van der Waals surface area contributed by atoms with Crippen molar-refractivity contribution >= 4 is 0 Å². The number of hydrogen-bond acceptors (Lipinski definition) is 1. The van der Waals surface area contributed by atoms with Crippen LogP contribution in [0, 0.1) is 5.41 Å². The molecule has 1 atom stereocenters. The molecular weight excluding hydrogens is 170 g/mol. The third kappa shape index (κ3) is 7.37. The van der Waals surface area contributed by atoms with Crippen LogP contribution < -0.4 is 0 Å². The Hall–Kier alpha value is -0.0400. The molecule has 0 aliphatic rings. The Morgan fingerprint density at radius 2 is 1.64 bits per heavy atom. The van der Waals surface area contributed by atoms with Crippen LogP contribution in [0.1, 0.15) is 59.8 Å². The molecule has 0 N–H and O–H groups in total. The third-order valence-corrected chi connectivity index (χ3v) is 2.72. The van der Waals surface area contributed by atoms with Gasteiger partial charge in [0.15, 0.2) is 0 Å². The zero-order chi connectivity index (χ0) is 11.2. The van der Waals surface area contributed by atoms with E-state index in [1.54, 1.807) is 0 Å². The topological polar surface area (TPSA) is 3.24 Å². The van der Waals surface area contributed by atoms with Crippen molar-refractivity contribution in [2.24, 2.45) is 5.41 Å². The Kier molecular flexibility index (Phi) is 6.43. The Bertz CT molecular complexity index is 133. The van der Waals surface area contributed by atoms with Crippen LogP contribution >= 0.6 is 0 Å². The number of hydrogen-bond donors (Lipinski definition) is 0. The molecule has 0 bridgehead atoms. The van der Waals surface area contributed by atoms with Gasteiger partial charge in [-0.2, -0.15) is 0 Å². The highest BCUT2D eigenvalue weighted by Crippen LogP contribution is 2.25. The first-order chi connectivity index (χ1) is 6.37. The SMILES string of the molecule is CCCCCC(CC(C)(C)C)N(C)C. The molecule has 0 spiro atoms. The zero-order valence-corrected chi connectivity index (χ0v) is 11.1. The van der Waals surface area contributed by atoms with Gasteiger partial charge >= 0.3 is 0 Å². The van der Waals surface area contributed by atoms with Crippen LogP contribution in [0.4, 0.5) is 0 Å². The molecule has 0 aromatic carbocycles. The zero-order valence-electron chi connectivity index (χ0n) is 11.1.